The second-order valence-corrected chi connectivity index (χ2v) is 5.11. The van der Waals surface area contributed by atoms with Crippen LogP contribution in [0.2, 0.25) is 0 Å². The molecule has 2 N–H and O–H groups in total. The molecule has 0 fully saturated rings. The predicted octanol–water partition coefficient (Wildman–Crippen LogP) is 2.31. The average Bonchev–Trinajstić information content (AvgIpc) is 2.83. The Morgan fingerprint density at radius 1 is 1.25 bits per heavy atom. The molecular weight excluding hydrogens is 254 g/mol. The van der Waals surface area contributed by atoms with E-state index in [1.165, 1.54) is 16.7 Å². The van der Waals surface area contributed by atoms with E-state index in [0.29, 0.717) is 31.2 Å². The fourth-order valence-electron chi connectivity index (χ4n) is 2.21. The molecule has 0 aliphatic carbocycles. The molecule has 0 saturated heterocycles. The molecule has 0 amide bonds. The van der Waals surface area contributed by atoms with Gasteiger partial charge in [-0.15, -0.1) is 0 Å². The molecule has 5 heteroatoms. The Morgan fingerprint density at radius 3 is 2.60 bits per heavy atom. The van der Waals surface area contributed by atoms with E-state index in [-0.39, 0.29) is 6.04 Å². The van der Waals surface area contributed by atoms with E-state index >= 15 is 0 Å². The molecule has 2 aromatic rings. The van der Waals surface area contributed by atoms with Crippen molar-refractivity contribution in [2.45, 2.75) is 32.7 Å². The van der Waals surface area contributed by atoms with Gasteiger partial charge < -0.3 is 15.0 Å². The molecule has 5 nitrogen and oxygen atoms in total. The summed E-state index contributed by atoms with van der Waals surface area (Å²) in [7, 11) is 1.64. The smallest absolute Gasteiger partial charge is 0.243 e. The number of aromatic nitrogens is 2. The van der Waals surface area contributed by atoms with Crippen molar-refractivity contribution in [3.05, 3.63) is 46.6 Å². The van der Waals surface area contributed by atoms with Crippen molar-refractivity contribution in [1.82, 2.24) is 10.1 Å². The maximum atomic E-state index is 5.96. The van der Waals surface area contributed by atoms with Gasteiger partial charge in [0.05, 0.1) is 6.04 Å². The Labute approximate surface area is 119 Å². The molecule has 1 atom stereocenters. The summed E-state index contributed by atoms with van der Waals surface area (Å²) in [4.78, 5) is 4.36. The predicted molar refractivity (Wildman–Crippen MR) is 76.4 cm³/mol. The van der Waals surface area contributed by atoms with Crippen LogP contribution in [0.4, 0.5) is 0 Å². The van der Waals surface area contributed by atoms with Gasteiger partial charge in [-0.1, -0.05) is 34.5 Å². The Morgan fingerprint density at radius 2 is 1.95 bits per heavy atom. The lowest BCUT2D eigenvalue weighted by molar-refractivity contribution is 0.182. The second-order valence-electron chi connectivity index (χ2n) is 5.11. The van der Waals surface area contributed by atoms with Crippen LogP contribution in [0.3, 0.4) is 0 Å². The minimum absolute atomic E-state index is 0.268. The van der Waals surface area contributed by atoms with Crippen LogP contribution >= 0.6 is 0 Å². The number of nitrogens with two attached hydrogens (primary N) is 1. The molecule has 1 aromatic carbocycles. The highest BCUT2D eigenvalue weighted by molar-refractivity contribution is 5.30. The van der Waals surface area contributed by atoms with Crippen molar-refractivity contribution in [2.24, 2.45) is 5.73 Å². The number of benzene rings is 1. The van der Waals surface area contributed by atoms with E-state index in [2.05, 4.69) is 42.2 Å². The van der Waals surface area contributed by atoms with E-state index in [9.17, 15) is 0 Å². The minimum atomic E-state index is -0.268. The zero-order valence-corrected chi connectivity index (χ0v) is 12.2. The largest absolute Gasteiger partial charge is 0.385 e. The lowest BCUT2D eigenvalue weighted by Crippen LogP contribution is -2.13. The van der Waals surface area contributed by atoms with Crippen LogP contribution in [0.5, 0.6) is 0 Å². The summed E-state index contributed by atoms with van der Waals surface area (Å²) in [6, 6.07) is 6.14. The zero-order chi connectivity index (χ0) is 14.5. The molecule has 1 heterocycles. The van der Waals surface area contributed by atoms with Gasteiger partial charge in [0.1, 0.15) is 0 Å². The van der Waals surface area contributed by atoms with Gasteiger partial charge >= 0.3 is 0 Å². The number of ether oxygens (including phenoxy) is 1. The van der Waals surface area contributed by atoms with Crippen molar-refractivity contribution >= 4 is 0 Å². The van der Waals surface area contributed by atoms with Crippen molar-refractivity contribution in [1.29, 1.82) is 0 Å². The molecule has 0 aliphatic rings. The van der Waals surface area contributed by atoms with Crippen LogP contribution in [0.25, 0.3) is 0 Å². The van der Waals surface area contributed by atoms with Crippen LogP contribution in [-0.4, -0.2) is 23.9 Å². The monoisotopic (exact) mass is 275 g/mol. The fourth-order valence-corrected chi connectivity index (χ4v) is 2.21. The number of rotatable bonds is 6. The van der Waals surface area contributed by atoms with Crippen LogP contribution < -0.4 is 5.73 Å². The molecule has 0 radical (unpaired) electrons. The summed E-state index contributed by atoms with van der Waals surface area (Å²) >= 11 is 0. The molecule has 0 saturated carbocycles. The van der Waals surface area contributed by atoms with E-state index in [1.54, 1.807) is 7.11 Å². The molecule has 1 aromatic heterocycles. The third-order valence-corrected chi connectivity index (χ3v) is 3.08. The molecule has 0 bridgehead atoms. The first-order valence-corrected chi connectivity index (χ1v) is 6.72. The van der Waals surface area contributed by atoms with Crippen LogP contribution in [0.15, 0.2) is 22.7 Å². The Hall–Kier alpha value is -1.72. The molecule has 20 heavy (non-hydrogen) atoms. The van der Waals surface area contributed by atoms with Gasteiger partial charge in [-0.2, -0.15) is 4.98 Å². The van der Waals surface area contributed by atoms with Crippen molar-refractivity contribution < 1.29 is 9.26 Å². The molecular formula is C15H21N3O2. The Kier molecular flexibility index (Phi) is 4.87. The maximum Gasteiger partial charge on any atom is 0.243 e. The highest BCUT2D eigenvalue weighted by Crippen LogP contribution is 2.15. The lowest BCUT2D eigenvalue weighted by Gasteiger charge is -2.04. The maximum absolute atomic E-state index is 5.96. The van der Waals surface area contributed by atoms with Gasteiger partial charge in [-0.3, -0.25) is 0 Å². The highest BCUT2D eigenvalue weighted by atomic mass is 16.5. The summed E-state index contributed by atoms with van der Waals surface area (Å²) in [5, 5.41) is 3.99. The van der Waals surface area contributed by atoms with Crippen LogP contribution in [0, 0.1) is 13.8 Å². The number of aryl methyl sites for hydroxylation is 2. The molecule has 2 rings (SSSR count). The highest BCUT2D eigenvalue weighted by Gasteiger charge is 2.14. The third kappa shape index (κ3) is 3.88. The van der Waals surface area contributed by atoms with Gasteiger partial charge in [0.2, 0.25) is 5.89 Å². The van der Waals surface area contributed by atoms with Gasteiger partial charge in [0.25, 0.3) is 0 Å². The minimum Gasteiger partial charge on any atom is -0.385 e. The topological polar surface area (TPSA) is 74.2 Å². The summed E-state index contributed by atoms with van der Waals surface area (Å²) in [5.74, 6) is 1.14. The summed E-state index contributed by atoms with van der Waals surface area (Å²) in [5.41, 5.74) is 9.61. The lowest BCUT2D eigenvalue weighted by atomic mass is 10.1. The van der Waals surface area contributed by atoms with Gasteiger partial charge in [-0.05, 0) is 25.8 Å². The van der Waals surface area contributed by atoms with E-state index in [4.69, 9.17) is 15.0 Å². The van der Waals surface area contributed by atoms with Crippen molar-refractivity contribution in [3.63, 3.8) is 0 Å². The first-order chi connectivity index (χ1) is 9.58. The number of nitrogens with zero attached hydrogens (tertiary/aromatic N) is 2. The van der Waals surface area contributed by atoms with Crippen molar-refractivity contribution in [3.8, 4) is 0 Å². The van der Waals surface area contributed by atoms with E-state index < -0.39 is 0 Å². The Bertz CT molecular complexity index is 546. The quantitative estimate of drug-likeness (QED) is 0.875. The number of hydrogen-bond acceptors (Lipinski definition) is 5. The first kappa shape index (κ1) is 14.7. The number of hydrogen-bond donors (Lipinski definition) is 1. The zero-order valence-electron chi connectivity index (χ0n) is 12.2. The first-order valence-electron chi connectivity index (χ1n) is 6.72. The molecule has 0 aliphatic heterocycles. The number of methoxy groups -OCH3 is 1. The summed E-state index contributed by atoms with van der Waals surface area (Å²) in [6.45, 7) is 4.74. The van der Waals surface area contributed by atoms with Crippen molar-refractivity contribution in [2.75, 3.05) is 13.7 Å². The second kappa shape index (κ2) is 6.63. The molecule has 108 valence electrons. The summed E-state index contributed by atoms with van der Waals surface area (Å²) in [6.07, 6.45) is 1.32. The van der Waals surface area contributed by atoms with Gasteiger partial charge in [0.15, 0.2) is 5.82 Å². The average molecular weight is 275 g/mol. The normalized spacial score (nSPS) is 12.6. The van der Waals surface area contributed by atoms with Crippen LogP contribution in [-0.2, 0) is 11.2 Å². The third-order valence-electron chi connectivity index (χ3n) is 3.08. The molecule has 0 spiro atoms. The molecule has 1 unspecified atom stereocenters. The SMILES string of the molecule is COCCC(N)c1nc(Cc2cc(C)cc(C)c2)no1. The van der Waals surface area contributed by atoms with Gasteiger partial charge in [-0.25, -0.2) is 0 Å². The standard InChI is InChI=1S/C15H21N3O2/c1-10-6-11(2)8-12(7-10)9-14-17-15(20-18-14)13(16)4-5-19-3/h6-8,13H,4-5,9,16H2,1-3H3. The fraction of sp³-hybridized carbons (Fsp3) is 0.467. The van der Waals surface area contributed by atoms with Crippen LogP contribution in [0.1, 0.15) is 40.9 Å². The Balaban J connectivity index is 2.05. The van der Waals surface area contributed by atoms with E-state index in [0.717, 1.165) is 0 Å². The van der Waals surface area contributed by atoms with Gasteiger partial charge in [0, 0.05) is 20.1 Å². The van der Waals surface area contributed by atoms with E-state index in [1.807, 2.05) is 0 Å². The summed E-state index contributed by atoms with van der Waals surface area (Å²) < 4.78 is 10.2.